The van der Waals surface area contributed by atoms with Crippen LogP contribution in [0, 0.1) is 0 Å². The van der Waals surface area contributed by atoms with Gasteiger partial charge in [0.05, 0.1) is 18.8 Å². The highest BCUT2D eigenvalue weighted by Gasteiger charge is 2.10. The number of hydrogen-bond donors (Lipinski definition) is 3. The molecule has 0 aliphatic rings. The Balaban J connectivity index is 0.00000480. The van der Waals surface area contributed by atoms with Gasteiger partial charge in [0, 0.05) is 13.1 Å². The average molecular weight is 549 g/mol. The third-order valence-corrected chi connectivity index (χ3v) is 3.99. The Morgan fingerprint density at radius 1 is 1.03 bits per heavy atom. The van der Waals surface area contributed by atoms with Crippen molar-refractivity contribution in [2.75, 3.05) is 13.1 Å². The SMILES string of the molecule is CCNC(=NCc1cccc(OC(C)C)c1)NCC(O)c1ccc(OC(F)F)cc1.I. The number of ether oxygens (including phenoxy) is 2. The molecule has 1 atom stereocenters. The monoisotopic (exact) mass is 549 g/mol. The highest BCUT2D eigenvalue weighted by Crippen LogP contribution is 2.19. The highest BCUT2D eigenvalue weighted by atomic mass is 127. The van der Waals surface area contributed by atoms with Crippen LogP contribution in [0.4, 0.5) is 8.78 Å². The average Bonchev–Trinajstić information content (AvgIpc) is 2.70. The molecule has 0 aromatic heterocycles. The van der Waals surface area contributed by atoms with E-state index in [0.717, 1.165) is 11.3 Å². The Labute approximate surface area is 199 Å². The van der Waals surface area contributed by atoms with Gasteiger partial charge in [-0.15, -0.1) is 24.0 Å². The number of nitrogens with zero attached hydrogens (tertiary/aromatic N) is 1. The molecule has 0 amide bonds. The van der Waals surface area contributed by atoms with E-state index in [1.807, 2.05) is 45.0 Å². The molecule has 0 radical (unpaired) electrons. The second kappa shape index (κ2) is 14.0. The van der Waals surface area contributed by atoms with E-state index >= 15 is 0 Å². The fourth-order valence-corrected chi connectivity index (χ4v) is 2.68. The zero-order valence-electron chi connectivity index (χ0n) is 17.8. The van der Waals surface area contributed by atoms with Crippen LogP contribution in [-0.2, 0) is 6.54 Å². The fraction of sp³-hybridized carbons (Fsp3) is 0.409. The van der Waals surface area contributed by atoms with Crippen molar-refractivity contribution in [3.8, 4) is 11.5 Å². The number of halogens is 3. The van der Waals surface area contributed by atoms with Crippen LogP contribution < -0.4 is 20.1 Å². The van der Waals surface area contributed by atoms with E-state index in [4.69, 9.17) is 4.74 Å². The van der Waals surface area contributed by atoms with E-state index in [0.29, 0.717) is 24.6 Å². The Bertz CT molecular complexity index is 805. The molecule has 0 saturated heterocycles. The standard InChI is InChI=1S/C22H29F2N3O3.HI/c1-4-25-22(26-13-16-6-5-7-19(12-16)29-15(2)3)27-14-20(28)17-8-10-18(11-9-17)30-21(23)24;/h5-12,15,20-21,28H,4,13-14H2,1-3H3,(H2,25,26,27);1H. The van der Waals surface area contributed by atoms with Crippen molar-refractivity contribution in [3.05, 3.63) is 59.7 Å². The minimum absolute atomic E-state index is 0. The van der Waals surface area contributed by atoms with Gasteiger partial charge in [-0.1, -0.05) is 24.3 Å². The van der Waals surface area contributed by atoms with Gasteiger partial charge in [0.15, 0.2) is 5.96 Å². The molecule has 2 aromatic rings. The van der Waals surface area contributed by atoms with Crippen molar-refractivity contribution in [2.24, 2.45) is 4.99 Å². The molecule has 0 aliphatic carbocycles. The summed E-state index contributed by atoms with van der Waals surface area (Å²) in [6, 6.07) is 13.6. The molecular formula is C22H30F2IN3O3. The van der Waals surface area contributed by atoms with Gasteiger partial charge in [0.2, 0.25) is 0 Å². The lowest BCUT2D eigenvalue weighted by Crippen LogP contribution is -2.39. The summed E-state index contributed by atoms with van der Waals surface area (Å²) in [5.41, 5.74) is 1.58. The molecule has 0 saturated carbocycles. The Kier molecular flexibility index (Phi) is 12.2. The fourth-order valence-electron chi connectivity index (χ4n) is 2.68. The summed E-state index contributed by atoms with van der Waals surface area (Å²) in [4.78, 5) is 4.54. The molecule has 6 nitrogen and oxygen atoms in total. The van der Waals surface area contributed by atoms with E-state index in [1.165, 1.54) is 12.1 Å². The van der Waals surface area contributed by atoms with Crippen LogP contribution in [-0.4, -0.2) is 36.9 Å². The van der Waals surface area contributed by atoms with Crippen LogP contribution >= 0.6 is 24.0 Å². The molecular weight excluding hydrogens is 519 g/mol. The lowest BCUT2D eigenvalue weighted by atomic mass is 10.1. The third kappa shape index (κ3) is 10.1. The maximum atomic E-state index is 12.2. The summed E-state index contributed by atoms with van der Waals surface area (Å²) in [6.07, 6.45) is -0.738. The van der Waals surface area contributed by atoms with Crippen molar-refractivity contribution in [3.63, 3.8) is 0 Å². The molecule has 0 aliphatic heterocycles. The normalized spacial score (nSPS) is 12.3. The predicted molar refractivity (Wildman–Crippen MR) is 128 cm³/mol. The van der Waals surface area contributed by atoms with Gasteiger partial charge < -0.3 is 25.2 Å². The molecule has 0 spiro atoms. The maximum Gasteiger partial charge on any atom is 0.387 e. The first kappa shape index (κ1) is 26.9. The Morgan fingerprint density at radius 2 is 1.74 bits per heavy atom. The highest BCUT2D eigenvalue weighted by molar-refractivity contribution is 14.0. The molecule has 0 fully saturated rings. The van der Waals surface area contributed by atoms with Gasteiger partial charge in [-0.25, -0.2) is 4.99 Å². The number of aliphatic hydroxyl groups excluding tert-OH is 1. The zero-order chi connectivity index (χ0) is 21.9. The van der Waals surface area contributed by atoms with Crippen molar-refractivity contribution >= 4 is 29.9 Å². The van der Waals surface area contributed by atoms with Crippen molar-refractivity contribution in [1.29, 1.82) is 0 Å². The molecule has 0 bridgehead atoms. The number of aliphatic hydroxyl groups is 1. The first-order valence-corrected chi connectivity index (χ1v) is 9.88. The Hall–Kier alpha value is -2.14. The van der Waals surface area contributed by atoms with Gasteiger partial charge in [0.25, 0.3) is 0 Å². The second-order valence-electron chi connectivity index (χ2n) is 6.85. The minimum atomic E-state index is -2.88. The molecule has 31 heavy (non-hydrogen) atoms. The van der Waals surface area contributed by atoms with Crippen LogP contribution in [0.1, 0.15) is 38.0 Å². The summed E-state index contributed by atoms with van der Waals surface area (Å²) in [6.45, 7) is 4.34. The summed E-state index contributed by atoms with van der Waals surface area (Å²) in [7, 11) is 0. The maximum absolute atomic E-state index is 12.2. The van der Waals surface area contributed by atoms with E-state index in [-0.39, 0.29) is 42.4 Å². The van der Waals surface area contributed by atoms with Gasteiger partial charge in [-0.05, 0) is 56.2 Å². The number of aliphatic imine (C=N–C) groups is 1. The number of rotatable bonds is 10. The van der Waals surface area contributed by atoms with E-state index in [2.05, 4.69) is 20.4 Å². The quantitative estimate of drug-likeness (QED) is 0.232. The van der Waals surface area contributed by atoms with E-state index in [9.17, 15) is 13.9 Å². The number of benzene rings is 2. The zero-order valence-corrected chi connectivity index (χ0v) is 20.2. The first-order chi connectivity index (χ1) is 14.4. The molecule has 2 aromatic carbocycles. The molecule has 1 unspecified atom stereocenters. The van der Waals surface area contributed by atoms with Crippen LogP contribution in [0.3, 0.4) is 0 Å². The molecule has 9 heteroatoms. The van der Waals surface area contributed by atoms with Crippen LogP contribution in [0.15, 0.2) is 53.5 Å². The van der Waals surface area contributed by atoms with Gasteiger partial charge in [-0.2, -0.15) is 8.78 Å². The lowest BCUT2D eigenvalue weighted by Gasteiger charge is -2.16. The number of alkyl halides is 2. The van der Waals surface area contributed by atoms with Crippen LogP contribution in [0.5, 0.6) is 11.5 Å². The van der Waals surface area contributed by atoms with Gasteiger partial charge >= 0.3 is 6.61 Å². The number of nitrogens with one attached hydrogen (secondary N) is 2. The van der Waals surface area contributed by atoms with Gasteiger partial charge in [0.1, 0.15) is 11.5 Å². The van der Waals surface area contributed by atoms with Crippen molar-refractivity contribution < 1.29 is 23.4 Å². The first-order valence-electron chi connectivity index (χ1n) is 9.88. The van der Waals surface area contributed by atoms with Crippen LogP contribution in [0.25, 0.3) is 0 Å². The largest absolute Gasteiger partial charge is 0.491 e. The Morgan fingerprint density at radius 3 is 2.35 bits per heavy atom. The summed E-state index contributed by atoms with van der Waals surface area (Å²) in [5, 5.41) is 16.6. The van der Waals surface area contributed by atoms with E-state index in [1.54, 1.807) is 12.1 Å². The molecule has 2 rings (SSSR count). The van der Waals surface area contributed by atoms with Gasteiger partial charge in [-0.3, -0.25) is 0 Å². The summed E-state index contributed by atoms with van der Waals surface area (Å²) in [5.74, 6) is 1.40. The second-order valence-corrected chi connectivity index (χ2v) is 6.85. The predicted octanol–water partition coefficient (Wildman–Crippen LogP) is 4.48. The van der Waals surface area contributed by atoms with E-state index < -0.39 is 12.7 Å². The molecule has 3 N–H and O–H groups in total. The number of guanidine groups is 1. The van der Waals surface area contributed by atoms with Crippen molar-refractivity contribution in [2.45, 2.75) is 46.1 Å². The topological polar surface area (TPSA) is 75.1 Å². The summed E-state index contributed by atoms with van der Waals surface area (Å²) < 4.78 is 34.5. The lowest BCUT2D eigenvalue weighted by molar-refractivity contribution is -0.0498. The minimum Gasteiger partial charge on any atom is -0.491 e. The third-order valence-electron chi connectivity index (χ3n) is 3.99. The smallest absolute Gasteiger partial charge is 0.387 e. The molecule has 0 heterocycles. The van der Waals surface area contributed by atoms with Crippen LogP contribution in [0.2, 0.25) is 0 Å². The number of hydrogen-bond acceptors (Lipinski definition) is 4. The molecule has 172 valence electrons. The van der Waals surface area contributed by atoms with Crippen molar-refractivity contribution in [1.82, 2.24) is 10.6 Å². The summed E-state index contributed by atoms with van der Waals surface area (Å²) >= 11 is 0.